The van der Waals surface area contributed by atoms with Crippen LogP contribution in [0.2, 0.25) is 0 Å². The van der Waals surface area contributed by atoms with Gasteiger partial charge in [-0.1, -0.05) is 18.2 Å². The van der Waals surface area contributed by atoms with E-state index in [4.69, 9.17) is 9.47 Å². The maximum absolute atomic E-state index is 13.9. The minimum Gasteiger partial charge on any atom is -0.493 e. The fraction of sp³-hybridized carbons (Fsp3) is 0.350. The van der Waals surface area contributed by atoms with Crippen molar-refractivity contribution < 1.29 is 23.8 Å². The normalized spacial score (nSPS) is 18.5. The molecule has 2 aromatic carbocycles. The molecule has 1 saturated heterocycles. The minimum atomic E-state index is -0.857. The minimum absolute atomic E-state index is 0.348. The van der Waals surface area contributed by atoms with Crippen molar-refractivity contribution in [3.8, 4) is 11.5 Å². The third-order valence-electron chi connectivity index (χ3n) is 4.80. The van der Waals surface area contributed by atoms with Crippen molar-refractivity contribution in [3.05, 3.63) is 59.4 Å². The summed E-state index contributed by atoms with van der Waals surface area (Å²) in [5, 5.41) is 9.60. The zero-order chi connectivity index (χ0) is 18.7. The lowest BCUT2D eigenvalue weighted by molar-refractivity contribution is -0.142. The van der Waals surface area contributed by atoms with Crippen molar-refractivity contribution in [2.24, 2.45) is 0 Å². The van der Waals surface area contributed by atoms with Crippen LogP contribution in [0.1, 0.15) is 30.0 Å². The second-order valence-corrected chi connectivity index (χ2v) is 6.31. The molecule has 3 rings (SSSR count). The third kappa shape index (κ3) is 3.51. The fourth-order valence-corrected chi connectivity index (χ4v) is 3.64. The molecule has 1 aliphatic heterocycles. The third-order valence-corrected chi connectivity index (χ3v) is 4.80. The topological polar surface area (TPSA) is 59.0 Å². The lowest BCUT2D eigenvalue weighted by Crippen LogP contribution is -2.39. The number of carboxylic acids is 1. The zero-order valence-electron chi connectivity index (χ0n) is 14.8. The van der Waals surface area contributed by atoms with Crippen LogP contribution in [0, 0.1) is 5.82 Å². The van der Waals surface area contributed by atoms with Crippen LogP contribution in [0.4, 0.5) is 4.39 Å². The molecular weight excluding hydrogens is 337 g/mol. The first-order chi connectivity index (χ1) is 12.5. The molecule has 0 amide bonds. The molecule has 1 heterocycles. The first-order valence-electron chi connectivity index (χ1n) is 8.51. The van der Waals surface area contributed by atoms with E-state index in [0.717, 1.165) is 12.0 Å². The number of carboxylic acid groups (broad SMARTS) is 1. The Morgan fingerprint density at radius 1 is 1.15 bits per heavy atom. The number of carbonyl (C=O) groups is 1. The number of nitrogens with zero attached hydrogens (tertiary/aromatic N) is 1. The first-order valence-corrected chi connectivity index (χ1v) is 8.51. The molecule has 26 heavy (non-hydrogen) atoms. The van der Waals surface area contributed by atoms with E-state index in [-0.39, 0.29) is 11.9 Å². The van der Waals surface area contributed by atoms with Crippen molar-refractivity contribution in [1.29, 1.82) is 0 Å². The quantitative estimate of drug-likeness (QED) is 0.856. The molecule has 2 aromatic rings. The monoisotopic (exact) mass is 359 g/mol. The van der Waals surface area contributed by atoms with Crippen molar-refractivity contribution >= 4 is 5.97 Å². The molecule has 1 aliphatic rings. The molecule has 138 valence electrons. The Morgan fingerprint density at radius 3 is 2.54 bits per heavy atom. The molecule has 0 bridgehead atoms. The van der Waals surface area contributed by atoms with E-state index >= 15 is 0 Å². The summed E-state index contributed by atoms with van der Waals surface area (Å²) >= 11 is 0. The van der Waals surface area contributed by atoms with E-state index in [1.165, 1.54) is 12.1 Å². The number of halogens is 1. The van der Waals surface area contributed by atoms with Crippen molar-refractivity contribution in [1.82, 2.24) is 4.90 Å². The van der Waals surface area contributed by atoms with Crippen molar-refractivity contribution in [3.63, 3.8) is 0 Å². The lowest BCUT2D eigenvalue weighted by atomic mass is 9.95. The summed E-state index contributed by atoms with van der Waals surface area (Å²) in [5.74, 6) is -0.0636. The molecule has 2 atom stereocenters. The summed E-state index contributed by atoms with van der Waals surface area (Å²) in [6, 6.07) is 10.8. The van der Waals surface area contributed by atoms with Gasteiger partial charge >= 0.3 is 5.97 Å². The van der Waals surface area contributed by atoms with Crippen LogP contribution in [0.15, 0.2) is 42.5 Å². The molecule has 1 N–H and O–H groups in total. The summed E-state index contributed by atoms with van der Waals surface area (Å²) in [5.41, 5.74) is 1.55. The second-order valence-electron chi connectivity index (χ2n) is 6.31. The Bertz CT molecular complexity index is 795. The van der Waals surface area contributed by atoms with E-state index in [2.05, 4.69) is 0 Å². The summed E-state index contributed by atoms with van der Waals surface area (Å²) in [4.78, 5) is 13.6. The smallest absolute Gasteiger partial charge is 0.320 e. The Kier molecular flexibility index (Phi) is 5.42. The summed E-state index contributed by atoms with van der Waals surface area (Å²) < 4.78 is 24.5. The predicted molar refractivity (Wildman–Crippen MR) is 95.2 cm³/mol. The number of ether oxygens (including phenoxy) is 2. The number of likely N-dealkylation sites (tertiary alicyclic amines) is 1. The van der Waals surface area contributed by atoms with Gasteiger partial charge in [-0.15, -0.1) is 0 Å². The summed E-state index contributed by atoms with van der Waals surface area (Å²) in [6.45, 7) is 0.631. The molecule has 5 nitrogen and oxygen atoms in total. The van der Waals surface area contributed by atoms with Crippen molar-refractivity contribution in [2.45, 2.75) is 24.9 Å². The molecule has 2 unspecified atom stereocenters. The van der Waals surface area contributed by atoms with Crippen LogP contribution in [-0.2, 0) is 4.79 Å². The molecule has 0 aliphatic carbocycles. The predicted octanol–water partition coefficient (Wildman–Crippen LogP) is 3.48. The Morgan fingerprint density at radius 2 is 1.88 bits per heavy atom. The highest BCUT2D eigenvalue weighted by Crippen LogP contribution is 2.38. The van der Waals surface area contributed by atoms with Gasteiger partial charge in [0, 0.05) is 6.54 Å². The number of aliphatic carboxylic acids is 1. The molecule has 6 heteroatoms. The van der Waals surface area contributed by atoms with E-state index in [0.29, 0.717) is 30.0 Å². The van der Waals surface area contributed by atoms with Gasteiger partial charge in [0.1, 0.15) is 11.9 Å². The summed E-state index contributed by atoms with van der Waals surface area (Å²) in [6.07, 6.45) is 1.37. The standard InChI is InChI=1S/C20H22FNO4/c1-25-17-9-8-14(12-18(17)26-2)19(13-5-3-6-15(21)11-13)22-10-4-7-16(22)20(23)24/h3,5-6,8-9,11-12,16,19H,4,7,10H2,1-2H3,(H,23,24). The Balaban J connectivity index is 2.10. The fourth-order valence-electron chi connectivity index (χ4n) is 3.64. The average molecular weight is 359 g/mol. The molecule has 1 fully saturated rings. The molecular formula is C20H22FNO4. The Hall–Kier alpha value is -2.60. The van der Waals surface area contributed by atoms with Gasteiger partial charge in [0.25, 0.3) is 0 Å². The van der Waals surface area contributed by atoms with Crippen LogP contribution in [0.5, 0.6) is 11.5 Å². The first kappa shape index (κ1) is 18.2. The maximum atomic E-state index is 13.9. The van der Waals surface area contributed by atoms with Crippen LogP contribution in [0.25, 0.3) is 0 Å². The lowest BCUT2D eigenvalue weighted by Gasteiger charge is -2.32. The maximum Gasteiger partial charge on any atom is 0.320 e. The van der Waals surface area contributed by atoms with Gasteiger partial charge in [0.2, 0.25) is 0 Å². The highest BCUT2D eigenvalue weighted by molar-refractivity contribution is 5.74. The van der Waals surface area contributed by atoms with Crippen LogP contribution in [0.3, 0.4) is 0 Å². The van der Waals surface area contributed by atoms with Gasteiger partial charge in [0.05, 0.1) is 20.3 Å². The second kappa shape index (κ2) is 7.74. The van der Waals surface area contributed by atoms with Gasteiger partial charge in [0.15, 0.2) is 11.5 Å². The molecule has 0 spiro atoms. The number of hydrogen-bond acceptors (Lipinski definition) is 4. The zero-order valence-corrected chi connectivity index (χ0v) is 14.8. The molecule has 0 radical (unpaired) electrons. The van der Waals surface area contributed by atoms with Gasteiger partial charge < -0.3 is 14.6 Å². The Labute approximate surface area is 152 Å². The average Bonchev–Trinajstić information content (AvgIpc) is 3.11. The molecule has 0 aromatic heterocycles. The van der Waals surface area contributed by atoms with Gasteiger partial charge in [-0.25, -0.2) is 4.39 Å². The van der Waals surface area contributed by atoms with E-state index in [9.17, 15) is 14.3 Å². The van der Waals surface area contributed by atoms with Crippen LogP contribution in [-0.4, -0.2) is 42.8 Å². The van der Waals surface area contributed by atoms with E-state index < -0.39 is 12.0 Å². The summed E-state index contributed by atoms with van der Waals surface area (Å²) in [7, 11) is 3.11. The van der Waals surface area contributed by atoms with E-state index in [1.807, 2.05) is 23.1 Å². The largest absolute Gasteiger partial charge is 0.493 e. The highest BCUT2D eigenvalue weighted by atomic mass is 19.1. The van der Waals surface area contributed by atoms with Gasteiger partial charge in [-0.2, -0.15) is 0 Å². The SMILES string of the molecule is COc1ccc(C(c2cccc(F)c2)N2CCCC2C(=O)O)cc1OC. The van der Waals surface area contributed by atoms with E-state index in [1.54, 1.807) is 26.4 Å². The number of benzene rings is 2. The number of hydrogen-bond donors (Lipinski definition) is 1. The van der Waals surface area contributed by atoms with Gasteiger partial charge in [-0.3, -0.25) is 9.69 Å². The number of methoxy groups -OCH3 is 2. The van der Waals surface area contributed by atoms with Gasteiger partial charge in [-0.05, 0) is 48.2 Å². The number of rotatable bonds is 6. The molecule has 0 saturated carbocycles. The van der Waals surface area contributed by atoms with Crippen LogP contribution < -0.4 is 9.47 Å². The van der Waals surface area contributed by atoms with Crippen LogP contribution >= 0.6 is 0 Å². The van der Waals surface area contributed by atoms with Crippen molar-refractivity contribution in [2.75, 3.05) is 20.8 Å². The highest BCUT2D eigenvalue weighted by Gasteiger charge is 2.37.